The van der Waals surface area contributed by atoms with Crippen molar-refractivity contribution in [1.29, 1.82) is 0 Å². The summed E-state index contributed by atoms with van der Waals surface area (Å²) in [5.74, 6) is -0.757. The molecule has 0 bridgehead atoms. The molecule has 23 heavy (non-hydrogen) atoms. The second-order valence-electron chi connectivity index (χ2n) is 5.95. The van der Waals surface area contributed by atoms with Gasteiger partial charge in [0.2, 0.25) is 6.04 Å². The van der Waals surface area contributed by atoms with E-state index in [0.717, 1.165) is 38.5 Å². The standard InChI is InChI=1S/C18H31NO4/c1-2-3-4-5-6-8-11-14-17(19(22)23)15-12-9-7-10-13-16-18(20)21/h6,11,17H,2-5,7,9-10,12-16H2,1H3,(H,20,21). The van der Waals surface area contributed by atoms with Crippen LogP contribution in [0, 0.1) is 10.1 Å². The lowest BCUT2D eigenvalue weighted by atomic mass is 10.0. The Kier molecular flexibility index (Phi) is 14.2. The van der Waals surface area contributed by atoms with Crippen LogP contribution in [0.2, 0.25) is 0 Å². The molecule has 0 rings (SSSR count). The smallest absolute Gasteiger partial charge is 0.303 e. The maximum absolute atomic E-state index is 11.0. The Bertz CT molecular complexity index is 386. The van der Waals surface area contributed by atoms with E-state index in [4.69, 9.17) is 5.11 Å². The molecule has 0 aliphatic rings. The van der Waals surface area contributed by atoms with Crippen molar-refractivity contribution in [2.75, 3.05) is 0 Å². The van der Waals surface area contributed by atoms with Gasteiger partial charge in [0, 0.05) is 24.2 Å². The van der Waals surface area contributed by atoms with Crippen molar-refractivity contribution < 1.29 is 14.8 Å². The Labute approximate surface area is 139 Å². The van der Waals surface area contributed by atoms with E-state index in [-0.39, 0.29) is 11.3 Å². The number of carboxylic acid groups (broad SMARTS) is 1. The van der Waals surface area contributed by atoms with Crippen molar-refractivity contribution in [3.05, 3.63) is 28.0 Å². The summed E-state index contributed by atoms with van der Waals surface area (Å²) >= 11 is 0. The number of hydrogen-bond acceptors (Lipinski definition) is 3. The summed E-state index contributed by atoms with van der Waals surface area (Å²) in [4.78, 5) is 21.2. The van der Waals surface area contributed by atoms with E-state index in [2.05, 4.69) is 12.7 Å². The monoisotopic (exact) mass is 325 g/mol. The second-order valence-corrected chi connectivity index (χ2v) is 5.95. The summed E-state index contributed by atoms with van der Waals surface area (Å²) < 4.78 is 0. The molecule has 0 aliphatic heterocycles. The number of rotatable bonds is 15. The molecule has 0 aliphatic carbocycles. The molecule has 5 nitrogen and oxygen atoms in total. The van der Waals surface area contributed by atoms with Gasteiger partial charge in [0.15, 0.2) is 0 Å². The molecule has 1 atom stereocenters. The second kappa shape index (κ2) is 15.3. The first-order valence-electron chi connectivity index (χ1n) is 8.82. The normalized spacial score (nSPS) is 11.5. The van der Waals surface area contributed by atoms with Crippen molar-refractivity contribution in [2.24, 2.45) is 0 Å². The molecule has 0 aromatic rings. The van der Waals surface area contributed by atoms with Gasteiger partial charge in [-0.3, -0.25) is 14.9 Å². The van der Waals surface area contributed by atoms with Gasteiger partial charge in [-0.25, -0.2) is 0 Å². The van der Waals surface area contributed by atoms with E-state index in [1.165, 1.54) is 12.8 Å². The van der Waals surface area contributed by atoms with E-state index in [1.54, 1.807) is 6.08 Å². The summed E-state index contributed by atoms with van der Waals surface area (Å²) in [7, 11) is 0. The minimum atomic E-state index is -0.757. The molecule has 0 radical (unpaired) electrons. The topological polar surface area (TPSA) is 80.4 Å². The van der Waals surface area contributed by atoms with Crippen LogP contribution in [0.5, 0.6) is 0 Å². The minimum absolute atomic E-state index is 0.195. The number of unbranched alkanes of at least 4 members (excludes halogenated alkanes) is 7. The summed E-state index contributed by atoms with van der Waals surface area (Å²) in [6.45, 7) is 2.16. The van der Waals surface area contributed by atoms with Crippen molar-refractivity contribution in [2.45, 2.75) is 90.0 Å². The van der Waals surface area contributed by atoms with E-state index in [9.17, 15) is 14.9 Å². The first-order valence-corrected chi connectivity index (χ1v) is 8.82. The third-order valence-electron chi connectivity index (χ3n) is 3.80. The number of carboxylic acids is 1. The highest BCUT2D eigenvalue weighted by molar-refractivity contribution is 5.66. The number of nitro groups is 1. The average Bonchev–Trinajstić information content (AvgIpc) is 2.50. The van der Waals surface area contributed by atoms with E-state index in [0.29, 0.717) is 19.3 Å². The van der Waals surface area contributed by atoms with Gasteiger partial charge in [0.1, 0.15) is 0 Å². The Morgan fingerprint density at radius 2 is 1.83 bits per heavy atom. The third-order valence-corrected chi connectivity index (χ3v) is 3.80. The summed E-state index contributed by atoms with van der Waals surface area (Å²) in [5, 5.41) is 19.6. The van der Waals surface area contributed by atoms with Crippen LogP contribution in [0.1, 0.15) is 84.0 Å². The number of nitrogens with zero attached hydrogens (tertiary/aromatic N) is 1. The molecule has 0 saturated heterocycles. The van der Waals surface area contributed by atoms with Gasteiger partial charge in [0.05, 0.1) is 0 Å². The van der Waals surface area contributed by atoms with Gasteiger partial charge < -0.3 is 5.11 Å². The van der Waals surface area contributed by atoms with Gasteiger partial charge in [-0.2, -0.15) is 0 Å². The molecule has 0 aromatic heterocycles. The van der Waals surface area contributed by atoms with Gasteiger partial charge >= 0.3 is 5.97 Å². The molecule has 0 spiro atoms. The van der Waals surface area contributed by atoms with Crippen LogP contribution < -0.4 is 0 Å². The maximum Gasteiger partial charge on any atom is 0.303 e. The van der Waals surface area contributed by atoms with Crippen LogP contribution in [0.3, 0.4) is 0 Å². The quantitative estimate of drug-likeness (QED) is 0.196. The zero-order chi connectivity index (χ0) is 17.3. The lowest BCUT2D eigenvalue weighted by Crippen LogP contribution is -2.18. The molecular formula is C18H31NO4. The Hall–Kier alpha value is -1.61. The van der Waals surface area contributed by atoms with Crippen LogP contribution in [-0.4, -0.2) is 22.0 Å². The van der Waals surface area contributed by atoms with Crippen molar-refractivity contribution in [3.8, 4) is 0 Å². The third kappa shape index (κ3) is 15.1. The van der Waals surface area contributed by atoms with Crippen molar-refractivity contribution in [1.82, 2.24) is 0 Å². The lowest BCUT2D eigenvalue weighted by Gasteiger charge is -2.06. The first-order chi connectivity index (χ1) is 11.1. The molecule has 0 saturated carbocycles. The Morgan fingerprint density at radius 1 is 1.13 bits per heavy atom. The molecule has 0 amide bonds. The predicted octanol–water partition coefficient (Wildman–Crippen LogP) is 5.13. The highest BCUT2D eigenvalue weighted by atomic mass is 16.6. The zero-order valence-corrected chi connectivity index (χ0v) is 14.3. The molecule has 1 N–H and O–H groups in total. The number of aliphatic carboxylic acids is 1. The average molecular weight is 325 g/mol. The van der Waals surface area contributed by atoms with Crippen LogP contribution in [-0.2, 0) is 4.79 Å². The molecule has 0 heterocycles. The summed E-state index contributed by atoms with van der Waals surface area (Å²) in [6.07, 6.45) is 13.8. The summed E-state index contributed by atoms with van der Waals surface area (Å²) in [6, 6.07) is -0.523. The van der Waals surface area contributed by atoms with Gasteiger partial charge in [-0.15, -0.1) is 5.73 Å². The molecule has 0 aromatic carbocycles. The van der Waals surface area contributed by atoms with E-state index < -0.39 is 12.0 Å². The Balaban J connectivity index is 3.80. The van der Waals surface area contributed by atoms with Crippen LogP contribution >= 0.6 is 0 Å². The predicted molar refractivity (Wildman–Crippen MR) is 92.1 cm³/mol. The molecule has 0 fully saturated rings. The molecule has 132 valence electrons. The molecule has 5 heteroatoms. The lowest BCUT2D eigenvalue weighted by molar-refractivity contribution is -0.522. The van der Waals surface area contributed by atoms with Crippen molar-refractivity contribution >= 4 is 5.97 Å². The maximum atomic E-state index is 11.0. The fraction of sp³-hybridized carbons (Fsp3) is 0.778. The van der Waals surface area contributed by atoms with Gasteiger partial charge in [-0.05, 0) is 37.8 Å². The van der Waals surface area contributed by atoms with Crippen molar-refractivity contribution in [3.63, 3.8) is 0 Å². The highest BCUT2D eigenvalue weighted by Gasteiger charge is 2.17. The SMILES string of the molecule is CCCCCC=C=CCC(CCCCCCCC(=O)O)[N+](=O)[O-]. The fourth-order valence-electron chi connectivity index (χ4n) is 2.36. The van der Waals surface area contributed by atoms with Crippen LogP contribution in [0.4, 0.5) is 0 Å². The highest BCUT2D eigenvalue weighted by Crippen LogP contribution is 2.12. The van der Waals surface area contributed by atoms with E-state index in [1.807, 2.05) is 6.08 Å². The fourth-order valence-corrected chi connectivity index (χ4v) is 2.36. The largest absolute Gasteiger partial charge is 0.481 e. The number of hydrogen-bond donors (Lipinski definition) is 1. The van der Waals surface area contributed by atoms with Gasteiger partial charge in [-0.1, -0.05) is 39.0 Å². The first kappa shape index (κ1) is 21.4. The molecule has 1 unspecified atom stereocenters. The number of carbonyl (C=O) groups is 1. The molecular weight excluding hydrogens is 294 g/mol. The van der Waals surface area contributed by atoms with Crippen LogP contribution in [0.15, 0.2) is 17.9 Å². The minimum Gasteiger partial charge on any atom is -0.481 e. The Morgan fingerprint density at radius 3 is 2.48 bits per heavy atom. The van der Waals surface area contributed by atoms with E-state index >= 15 is 0 Å². The van der Waals surface area contributed by atoms with Crippen LogP contribution in [0.25, 0.3) is 0 Å². The summed E-state index contributed by atoms with van der Waals surface area (Å²) in [5.41, 5.74) is 3.05. The zero-order valence-electron chi connectivity index (χ0n) is 14.3. The van der Waals surface area contributed by atoms with Gasteiger partial charge in [0.25, 0.3) is 0 Å².